The Balaban J connectivity index is 3.04. The molecule has 1 rings (SSSR count). The summed E-state index contributed by atoms with van der Waals surface area (Å²) in [6, 6.07) is 8.62. The van der Waals surface area contributed by atoms with E-state index in [4.69, 9.17) is 5.26 Å². The number of hydrogen-bond donors (Lipinski definition) is 0. The molecule has 14 heavy (non-hydrogen) atoms. The molecule has 0 unspecified atom stereocenters. The highest BCUT2D eigenvalue weighted by Gasteiger charge is 2.19. The molecule has 0 aliphatic rings. The second-order valence-electron chi connectivity index (χ2n) is 4.54. The van der Waals surface area contributed by atoms with E-state index in [1.54, 1.807) is 0 Å². The zero-order chi connectivity index (χ0) is 10.8. The summed E-state index contributed by atoms with van der Waals surface area (Å²) in [7, 11) is 0. The van der Waals surface area contributed by atoms with Gasteiger partial charge in [0.25, 0.3) is 0 Å². The van der Waals surface area contributed by atoms with E-state index in [9.17, 15) is 0 Å². The number of hydrogen-bond acceptors (Lipinski definition) is 1. The summed E-state index contributed by atoms with van der Waals surface area (Å²) in [5.74, 6) is 0. The van der Waals surface area contributed by atoms with Crippen molar-refractivity contribution in [3.05, 3.63) is 34.9 Å². The molecule has 74 valence electrons. The molecule has 0 radical (unpaired) electrons. The lowest BCUT2D eigenvalue weighted by Gasteiger charge is -2.18. The van der Waals surface area contributed by atoms with E-state index >= 15 is 0 Å². The molecule has 0 heterocycles. The molecular formula is C13H17N. The third kappa shape index (κ3) is 2.35. The van der Waals surface area contributed by atoms with E-state index in [1.807, 2.05) is 13.8 Å². The minimum absolute atomic E-state index is 0.267. The molecular weight excluding hydrogens is 170 g/mol. The molecule has 0 atom stereocenters. The van der Waals surface area contributed by atoms with Gasteiger partial charge in [-0.2, -0.15) is 5.26 Å². The van der Waals surface area contributed by atoms with Crippen LogP contribution < -0.4 is 0 Å². The lowest BCUT2D eigenvalue weighted by atomic mass is 9.84. The van der Waals surface area contributed by atoms with E-state index in [-0.39, 0.29) is 5.41 Å². The van der Waals surface area contributed by atoms with Gasteiger partial charge in [-0.15, -0.1) is 0 Å². The molecule has 0 bridgehead atoms. The van der Waals surface area contributed by atoms with Crippen LogP contribution >= 0.6 is 0 Å². The van der Waals surface area contributed by atoms with E-state index in [0.29, 0.717) is 0 Å². The Kier molecular flexibility index (Phi) is 2.96. The summed E-state index contributed by atoms with van der Waals surface area (Å²) in [6.45, 7) is 8.18. The van der Waals surface area contributed by atoms with Gasteiger partial charge in [0.1, 0.15) is 0 Å². The minimum Gasteiger partial charge on any atom is -0.198 e. The topological polar surface area (TPSA) is 23.8 Å². The molecule has 1 nitrogen and oxygen atoms in total. The highest BCUT2D eigenvalue weighted by molar-refractivity contribution is 5.34. The van der Waals surface area contributed by atoms with Crippen molar-refractivity contribution in [2.45, 2.75) is 34.1 Å². The molecule has 0 spiro atoms. The van der Waals surface area contributed by atoms with Crippen LogP contribution in [-0.2, 0) is 6.42 Å². The maximum absolute atomic E-state index is 8.99. The van der Waals surface area contributed by atoms with Gasteiger partial charge in [0.2, 0.25) is 0 Å². The third-order valence-corrected chi connectivity index (χ3v) is 2.57. The molecule has 0 fully saturated rings. The van der Waals surface area contributed by atoms with E-state index < -0.39 is 0 Å². The fourth-order valence-corrected chi connectivity index (χ4v) is 1.61. The Morgan fingerprint density at radius 1 is 1.21 bits per heavy atom. The number of aryl methyl sites for hydroxylation is 2. The highest BCUT2D eigenvalue weighted by Crippen LogP contribution is 2.24. The SMILES string of the molecule is Cc1cccc(C)c1CC(C)(C)C#N. The average molecular weight is 187 g/mol. The quantitative estimate of drug-likeness (QED) is 0.696. The van der Waals surface area contributed by atoms with Crippen LogP contribution in [0, 0.1) is 30.6 Å². The van der Waals surface area contributed by atoms with Crippen LogP contribution in [0.15, 0.2) is 18.2 Å². The van der Waals surface area contributed by atoms with Crippen LogP contribution in [0.2, 0.25) is 0 Å². The predicted molar refractivity (Wildman–Crippen MR) is 59.0 cm³/mol. The van der Waals surface area contributed by atoms with E-state index in [0.717, 1.165) is 6.42 Å². The summed E-state index contributed by atoms with van der Waals surface area (Å²) in [5.41, 5.74) is 3.62. The predicted octanol–water partition coefficient (Wildman–Crippen LogP) is 3.40. The van der Waals surface area contributed by atoms with Gasteiger partial charge in [-0.05, 0) is 50.8 Å². The normalized spacial score (nSPS) is 11.1. The molecule has 0 saturated carbocycles. The Labute approximate surface area is 86.4 Å². The Morgan fingerprint density at radius 2 is 1.71 bits per heavy atom. The lowest BCUT2D eigenvalue weighted by molar-refractivity contribution is 0.491. The first-order valence-electron chi connectivity index (χ1n) is 4.92. The Morgan fingerprint density at radius 3 is 2.14 bits per heavy atom. The van der Waals surface area contributed by atoms with Gasteiger partial charge in [0.05, 0.1) is 11.5 Å². The van der Waals surface area contributed by atoms with Crippen molar-refractivity contribution >= 4 is 0 Å². The van der Waals surface area contributed by atoms with Crippen molar-refractivity contribution in [2.75, 3.05) is 0 Å². The van der Waals surface area contributed by atoms with Crippen LogP contribution in [0.25, 0.3) is 0 Å². The number of nitrogens with zero attached hydrogens (tertiary/aromatic N) is 1. The highest BCUT2D eigenvalue weighted by atomic mass is 14.3. The fourth-order valence-electron chi connectivity index (χ4n) is 1.61. The monoisotopic (exact) mass is 187 g/mol. The second kappa shape index (κ2) is 3.84. The molecule has 0 saturated heterocycles. The summed E-state index contributed by atoms with van der Waals surface area (Å²) in [4.78, 5) is 0. The zero-order valence-electron chi connectivity index (χ0n) is 9.39. The molecule has 1 heteroatoms. The first-order chi connectivity index (χ1) is 6.46. The molecule has 0 aliphatic carbocycles. The van der Waals surface area contributed by atoms with Crippen LogP contribution in [0.1, 0.15) is 30.5 Å². The van der Waals surface area contributed by atoms with Gasteiger partial charge in [-0.3, -0.25) is 0 Å². The number of rotatable bonds is 2. The summed E-state index contributed by atoms with van der Waals surface area (Å²) in [6.07, 6.45) is 0.835. The minimum atomic E-state index is -0.267. The molecule has 0 aromatic heterocycles. The van der Waals surface area contributed by atoms with Crippen molar-refractivity contribution in [3.8, 4) is 6.07 Å². The van der Waals surface area contributed by atoms with Crippen LogP contribution in [0.4, 0.5) is 0 Å². The lowest BCUT2D eigenvalue weighted by Crippen LogP contribution is -2.13. The summed E-state index contributed by atoms with van der Waals surface area (Å²) < 4.78 is 0. The maximum atomic E-state index is 8.99. The van der Waals surface area contributed by atoms with Crippen molar-refractivity contribution in [2.24, 2.45) is 5.41 Å². The van der Waals surface area contributed by atoms with Gasteiger partial charge in [-0.1, -0.05) is 18.2 Å². The Bertz CT molecular complexity index is 349. The number of nitriles is 1. The molecule has 0 amide bonds. The second-order valence-corrected chi connectivity index (χ2v) is 4.54. The first-order valence-corrected chi connectivity index (χ1v) is 4.92. The van der Waals surface area contributed by atoms with Crippen molar-refractivity contribution in [1.29, 1.82) is 5.26 Å². The third-order valence-electron chi connectivity index (χ3n) is 2.57. The molecule has 0 N–H and O–H groups in total. The van der Waals surface area contributed by atoms with Crippen molar-refractivity contribution < 1.29 is 0 Å². The van der Waals surface area contributed by atoms with Crippen molar-refractivity contribution in [1.82, 2.24) is 0 Å². The van der Waals surface area contributed by atoms with Crippen LogP contribution in [-0.4, -0.2) is 0 Å². The Hall–Kier alpha value is -1.29. The average Bonchev–Trinajstić information content (AvgIpc) is 2.12. The standard InChI is InChI=1S/C13H17N/c1-10-6-5-7-11(2)12(10)8-13(3,4)9-14/h5-7H,8H2,1-4H3. The molecule has 0 aliphatic heterocycles. The van der Waals surface area contributed by atoms with Crippen LogP contribution in [0.5, 0.6) is 0 Å². The summed E-state index contributed by atoms with van der Waals surface area (Å²) in [5, 5.41) is 8.99. The van der Waals surface area contributed by atoms with Gasteiger partial charge in [-0.25, -0.2) is 0 Å². The van der Waals surface area contributed by atoms with Crippen LogP contribution in [0.3, 0.4) is 0 Å². The largest absolute Gasteiger partial charge is 0.198 e. The van der Waals surface area contributed by atoms with Crippen molar-refractivity contribution in [3.63, 3.8) is 0 Å². The van der Waals surface area contributed by atoms with E-state index in [2.05, 4.69) is 38.1 Å². The van der Waals surface area contributed by atoms with Gasteiger partial charge in [0, 0.05) is 0 Å². The zero-order valence-corrected chi connectivity index (χ0v) is 9.39. The van der Waals surface area contributed by atoms with Gasteiger partial charge >= 0.3 is 0 Å². The summed E-state index contributed by atoms with van der Waals surface area (Å²) >= 11 is 0. The van der Waals surface area contributed by atoms with E-state index in [1.165, 1.54) is 16.7 Å². The fraction of sp³-hybridized carbons (Fsp3) is 0.462. The smallest absolute Gasteiger partial charge is 0.0687 e. The maximum Gasteiger partial charge on any atom is 0.0687 e. The van der Waals surface area contributed by atoms with Gasteiger partial charge < -0.3 is 0 Å². The van der Waals surface area contributed by atoms with Gasteiger partial charge in [0.15, 0.2) is 0 Å². The molecule has 1 aromatic carbocycles. The first kappa shape index (κ1) is 10.8. The molecule has 1 aromatic rings. The number of benzene rings is 1.